The van der Waals surface area contributed by atoms with Crippen molar-refractivity contribution in [2.45, 2.75) is 18.9 Å². The zero-order valence-corrected chi connectivity index (χ0v) is 9.54. The fourth-order valence-corrected chi connectivity index (χ4v) is 1.61. The van der Waals surface area contributed by atoms with Crippen LogP contribution in [-0.2, 0) is 10.5 Å². The molecule has 1 aliphatic carbocycles. The number of carbonyl (C=O) groups is 1. The van der Waals surface area contributed by atoms with Gasteiger partial charge in [-0.05, 0) is 37.1 Å². The average Bonchev–Trinajstić information content (AvgIpc) is 3.00. The molecule has 0 heterocycles. The number of halogens is 1. The summed E-state index contributed by atoms with van der Waals surface area (Å²) in [6.07, 6.45) is 1.96. The molecule has 1 saturated carbocycles. The second-order valence-corrected chi connectivity index (χ2v) is 4.70. The first-order valence-electron chi connectivity index (χ1n) is 4.99. The van der Waals surface area contributed by atoms with Gasteiger partial charge in [0.2, 0.25) is 0 Å². The largest absolute Gasteiger partial charge is 0.488 e. The monoisotopic (exact) mass is 259 g/mol. The van der Waals surface area contributed by atoms with Crippen LogP contribution in [-0.4, -0.2) is 20.4 Å². The number of hydrogen-bond acceptors (Lipinski definition) is 4. The molecule has 1 amide bonds. The van der Waals surface area contributed by atoms with E-state index in [4.69, 9.17) is 0 Å². The van der Waals surface area contributed by atoms with Gasteiger partial charge < -0.3 is 9.50 Å². The Kier molecular flexibility index (Phi) is 3.01. The van der Waals surface area contributed by atoms with Gasteiger partial charge in [0, 0.05) is 11.6 Å². The Morgan fingerprint density at radius 3 is 2.35 bits per heavy atom. The van der Waals surface area contributed by atoms with E-state index in [2.05, 4.69) is 9.50 Å². The highest BCUT2D eigenvalue weighted by Gasteiger charge is 2.23. The molecule has 1 aliphatic rings. The summed E-state index contributed by atoms with van der Waals surface area (Å²) in [4.78, 5) is 11.5. The normalized spacial score (nSPS) is 15.4. The molecular formula is C10H10FNO4S. The van der Waals surface area contributed by atoms with E-state index < -0.39 is 10.5 Å². The van der Waals surface area contributed by atoms with E-state index in [9.17, 15) is 17.1 Å². The van der Waals surface area contributed by atoms with Crippen molar-refractivity contribution in [3.8, 4) is 5.75 Å². The lowest BCUT2D eigenvalue weighted by Gasteiger charge is -2.04. The first-order chi connectivity index (χ1) is 7.94. The number of rotatable bonds is 4. The molecule has 0 unspecified atom stereocenters. The molecular weight excluding hydrogens is 249 g/mol. The van der Waals surface area contributed by atoms with E-state index in [-0.39, 0.29) is 17.7 Å². The third kappa shape index (κ3) is 3.70. The fourth-order valence-electron chi connectivity index (χ4n) is 1.27. The van der Waals surface area contributed by atoms with Gasteiger partial charge in [-0.15, -0.1) is 0 Å². The molecule has 0 radical (unpaired) electrons. The van der Waals surface area contributed by atoms with Crippen molar-refractivity contribution in [1.29, 1.82) is 0 Å². The molecule has 0 spiro atoms. The lowest BCUT2D eigenvalue weighted by molar-refractivity contribution is 0.0951. The first kappa shape index (κ1) is 11.8. The summed E-state index contributed by atoms with van der Waals surface area (Å²) in [5.41, 5.74) is 0.375. The van der Waals surface area contributed by atoms with Crippen molar-refractivity contribution >= 4 is 16.4 Å². The lowest BCUT2D eigenvalue weighted by atomic mass is 10.2. The molecule has 17 heavy (non-hydrogen) atoms. The Balaban J connectivity index is 2.04. The van der Waals surface area contributed by atoms with Gasteiger partial charge in [-0.2, -0.15) is 8.42 Å². The quantitative estimate of drug-likeness (QED) is 0.824. The molecule has 0 atom stereocenters. The van der Waals surface area contributed by atoms with E-state index in [1.54, 1.807) is 0 Å². The van der Waals surface area contributed by atoms with Gasteiger partial charge in [0.15, 0.2) is 0 Å². The fraction of sp³-hybridized carbons (Fsp3) is 0.300. The van der Waals surface area contributed by atoms with Gasteiger partial charge >= 0.3 is 10.5 Å². The summed E-state index contributed by atoms with van der Waals surface area (Å²) in [6, 6.07) is 5.43. The standard InChI is InChI=1S/C10H10FNO4S/c11-17(14,15)16-9-5-1-7(2-6-9)10(13)12-8-3-4-8/h1-2,5-6,8H,3-4H2,(H,12,13). The van der Waals surface area contributed by atoms with Gasteiger partial charge in [-0.3, -0.25) is 4.79 Å². The number of nitrogens with one attached hydrogen (secondary N) is 1. The molecule has 0 bridgehead atoms. The second-order valence-electron chi connectivity index (χ2n) is 3.75. The van der Waals surface area contributed by atoms with Crippen LogP contribution in [0.15, 0.2) is 24.3 Å². The van der Waals surface area contributed by atoms with Crippen molar-refractivity contribution in [2.24, 2.45) is 0 Å². The van der Waals surface area contributed by atoms with Crippen LogP contribution in [0.3, 0.4) is 0 Å². The highest BCUT2D eigenvalue weighted by atomic mass is 32.3. The minimum Gasteiger partial charge on any atom is -0.358 e. The molecule has 1 aromatic carbocycles. The zero-order chi connectivity index (χ0) is 12.5. The molecule has 0 aliphatic heterocycles. The maximum atomic E-state index is 12.2. The van der Waals surface area contributed by atoms with Crippen LogP contribution in [0, 0.1) is 0 Å². The number of amides is 1. The van der Waals surface area contributed by atoms with Crippen molar-refractivity contribution in [3.05, 3.63) is 29.8 Å². The highest BCUT2D eigenvalue weighted by Crippen LogP contribution is 2.20. The Hall–Kier alpha value is -1.63. The van der Waals surface area contributed by atoms with Crippen LogP contribution in [0.4, 0.5) is 3.89 Å². The van der Waals surface area contributed by atoms with Crippen molar-refractivity contribution < 1.29 is 21.3 Å². The summed E-state index contributed by atoms with van der Waals surface area (Å²) in [5.74, 6) is -0.405. The molecule has 2 rings (SSSR count). The molecule has 5 nitrogen and oxygen atoms in total. The van der Waals surface area contributed by atoms with Crippen LogP contribution in [0.5, 0.6) is 5.75 Å². The van der Waals surface area contributed by atoms with Gasteiger partial charge in [0.25, 0.3) is 5.91 Å². The topological polar surface area (TPSA) is 72.5 Å². The summed E-state index contributed by atoms with van der Waals surface area (Å²) in [5, 5.41) is 2.77. The molecule has 1 N–H and O–H groups in total. The maximum Gasteiger partial charge on any atom is 0.488 e. The van der Waals surface area contributed by atoms with Gasteiger partial charge in [-0.1, -0.05) is 3.89 Å². The minimum absolute atomic E-state index is 0.171. The van der Waals surface area contributed by atoms with E-state index in [0.717, 1.165) is 12.8 Å². The minimum atomic E-state index is -5.02. The van der Waals surface area contributed by atoms with Crippen LogP contribution < -0.4 is 9.50 Å². The zero-order valence-electron chi connectivity index (χ0n) is 8.72. The molecule has 0 saturated heterocycles. The van der Waals surface area contributed by atoms with Crippen LogP contribution in [0.1, 0.15) is 23.2 Å². The maximum absolute atomic E-state index is 12.2. The number of hydrogen-bond donors (Lipinski definition) is 1. The van der Waals surface area contributed by atoms with E-state index >= 15 is 0 Å². The third-order valence-corrected chi connectivity index (χ3v) is 2.62. The summed E-state index contributed by atoms with van der Waals surface area (Å²) in [6.45, 7) is 0. The van der Waals surface area contributed by atoms with Crippen LogP contribution >= 0.6 is 0 Å². The van der Waals surface area contributed by atoms with E-state index in [1.165, 1.54) is 24.3 Å². The second kappa shape index (κ2) is 4.33. The Labute approximate surface area is 98.0 Å². The summed E-state index contributed by atoms with van der Waals surface area (Å²) in [7, 11) is -5.02. The van der Waals surface area contributed by atoms with Gasteiger partial charge in [0.05, 0.1) is 0 Å². The predicted molar refractivity (Wildman–Crippen MR) is 57.6 cm³/mol. The Bertz CT molecular complexity index is 522. The van der Waals surface area contributed by atoms with Crippen molar-refractivity contribution in [3.63, 3.8) is 0 Å². The van der Waals surface area contributed by atoms with Gasteiger partial charge in [0.1, 0.15) is 5.75 Å². The predicted octanol–water partition coefficient (Wildman–Crippen LogP) is 1.17. The molecule has 7 heteroatoms. The smallest absolute Gasteiger partial charge is 0.358 e. The molecule has 92 valence electrons. The van der Waals surface area contributed by atoms with Crippen molar-refractivity contribution in [1.82, 2.24) is 5.32 Å². The highest BCUT2D eigenvalue weighted by molar-refractivity contribution is 7.81. The lowest BCUT2D eigenvalue weighted by Crippen LogP contribution is -2.25. The number of benzene rings is 1. The summed E-state index contributed by atoms with van der Waals surface area (Å²) >= 11 is 0. The Morgan fingerprint density at radius 1 is 1.29 bits per heavy atom. The Morgan fingerprint density at radius 2 is 1.88 bits per heavy atom. The molecule has 0 aromatic heterocycles. The first-order valence-corrected chi connectivity index (χ1v) is 6.30. The van der Waals surface area contributed by atoms with E-state index in [0.29, 0.717) is 5.56 Å². The SMILES string of the molecule is O=C(NC1CC1)c1ccc(OS(=O)(=O)F)cc1. The van der Waals surface area contributed by atoms with Crippen LogP contribution in [0.2, 0.25) is 0 Å². The van der Waals surface area contributed by atoms with Crippen molar-refractivity contribution in [2.75, 3.05) is 0 Å². The number of carbonyl (C=O) groups excluding carboxylic acids is 1. The van der Waals surface area contributed by atoms with Crippen LogP contribution in [0.25, 0.3) is 0 Å². The van der Waals surface area contributed by atoms with Gasteiger partial charge in [-0.25, -0.2) is 0 Å². The molecule has 1 aromatic rings. The van der Waals surface area contributed by atoms with E-state index in [1.807, 2.05) is 0 Å². The third-order valence-electron chi connectivity index (χ3n) is 2.22. The summed E-state index contributed by atoms with van der Waals surface area (Å²) < 4.78 is 36.6. The molecule has 1 fully saturated rings. The average molecular weight is 259 g/mol.